The van der Waals surface area contributed by atoms with E-state index in [0.717, 1.165) is 5.39 Å². The van der Waals surface area contributed by atoms with Crippen LogP contribution in [0.1, 0.15) is 16.8 Å². The number of benzene rings is 3. The Morgan fingerprint density at radius 2 is 1.82 bits per heavy atom. The summed E-state index contributed by atoms with van der Waals surface area (Å²) < 4.78 is 14.7. The van der Waals surface area contributed by atoms with Gasteiger partial charge in [-0.25, -0.2) is 9.78 Å². The van der Waals surface area contributed by atoms with Crippen molar-refractivity contribution < 1.29 is 23.8 Å². The van der Waals surface area contributed by atoms with Crippen LogP contribution in [0.15, 0.2) is 92.8 Å². The summed E-state index contributed by atoms with van der Waals surface area (Å²) in [5, 5.41) is 40.5. The topological polar surface area (TPSA) is 198 Å². The predicted molar refractivity (Wildman–Crippen MR) is 193 cm³/mol. The van der Waals surface area contributed by atoms with Crippen LogP contribution in [-0.4, -0.2) is 63.7 Å². The molecular weight excluding hydrogens is 675 g/mol. The molecule has 16 heteroatoms. The minimum absolute atomic E-state index is 0.00656. The number of aromatic carboxylic acids is 1. The number of fused-ring (bicyclic) bond motifs is 5. The number of hydrogen-bond acceptors (Lipinski definition) is 11. The van der Waals surface area contributed by atoms with Gasteiger partial charge in [0.05, 0.1) is 17.2 Å². The minimum atomic E-state index is -1.16. The second-order valence-electron chi connectivity index (χ2n) is 11.7. The first-order chi connectivity index (χ1) is 24.7. The van der Waals surface area contributed by atoms with E-state index in [2.05, 4.69) is 36.1 Å². The van der Waals surface area contributed by atoms with Gasteiger partial charge in [-0.3, -0.25) is 9.48 Å². The maximum atomic E-state index is 12.6. The SMILES string of the molecule is Cn1cc2c(nc(NCCCNC(=S)Nc3ccc(-c4c5ccc(=O)cc-5oc5cc(O)ccc45)c(C(=O)O)c3)n3nc(-c4ccco4)nc23)n1. The highest BCUT2D eigenvalue weighted by Gasteiger charge is 2.23. The number of furan rings is 1. The normalized spacial score (nSPS) is 11.5. The van der Waals surface area contributed by atoms with Crippen molar-refractivity contribution in [3.63, 3.8) is 0 Å². The first-order valence-electron chi connectivity index (χ1n) is 15.7. The van der Waals surface area contributed by atoms with Crippen LogP contribution in [0.25, 0.3) is 61.7 Å². The standard InChI is InChI=1S/C35H27N9O6S/c1-43-17-25-30(41-43)40-34(44-32(25)39-31(42-44)26-4-2-13-49-26)36-11-3-12-37-35(51)38-18-5-8-21(24(14-18)33(47)48)29-22-9-6-19(45)15-27(22)50-28-16-20(46)7-10-23(28)29/h2,4-10,13-17,45H,3,11-12H2,1H3,(H,47,48)(H,36,40,41)(H2,37,38,51). The third-order valence-corrected chi connectivity index (χ3v) is 8.43. The Balaban J connectivity index is 0.967. The fourth-order valence-electron chi connectivity index (χ4n) is 5.96. The molecule has 0 amide bonds. The largest absolute Gasteiger partial charge is 0.508 e. The molecule has 0 spiro atoms. The van der Waals surface area contributed by atoms with Gasteiger partial charge >= 0.3 is 5.97 Å². The van der Waals surface area contributed by atoms with Crippen molar-refractivity contribution in [2.45, 2.75) is 6.42 Å². The van der Waals surface area contributed by atoms with Crippen LogP contribution in [-0.2, 0) is 7.05 Å². The van der Waals surface area contributed by atoms with Gasteiger partial charge in [0.25, 0.3) is 0 Å². The monoisotopic (exact) mass is 701 g/mol. The Hall–Kier alpha value is -6.81. The Bertz CT molecular complexity index is 2660. The molecule has 0 radical (unpaired) electrons. The maximum absolute atomic E-state index is 12.6. The number of aryl methyl sites for hydroxylation is 1. The number of thiocarbonyl (C=S) groups is 1. The van der Waals surface area contributed by atoms with Gasteiger partial charge in [-0.2, -0.15) is 14.6 Å². The highest BCUT2D eigenvalue weighted by molar-refractivity contribution is 7.80. The van der Waals surface area contributed by atoms with Gasteiger partial charge < -0.3 is 35.0 Å². The Labute approximate surface area is 292 Å². The molecule has 0 bridgehead atoms. The summed E-state index contributed by atoms with van der Waals surface area (Å²) in [6.45, 7) is 1.01. The van der Waals surface area contributed by atoms with Crippen LogP contribution in [0.3, 0.4) is 0 Å². The van der Waals surface area contributed by atoms with E-state index >= 15 is 0 Å². The van der Waals surface area contributed by atoms with Gasteiger partial charge in [0, 0.05) is 60.7 Å². The number of nitrogens with one attached hydrogen (secondary N) is 3. The number of carbonyl (C=O) groups is 1. The average Bonchev–Trinajstić information content (AvgIpc) is 3.87. The smallest absolute Gasteiger partial charge is 0.336 e. The molecule has 1 aliphatic heterocycles. The van der Waals surface area contributed by atoms with Gasteiger partial charge in [-0.05, 0) is 72.7 Å². The number of phenols is 1. The summed E-state index contributed by atoms with van der Waals surface area (Å²) in [5.41, 5.74) is 3.16. The van der Waals surface area contributed by atoms with Crippen LogP contribution in [0, 0.1) is 0 Å². The number of rotatable bonds is 9. The van der Waals surface area contributed by atoms with Crippen molar-refractivity contribution in [1.29, 1.82) is 0 Å². The summed E-state index contributed by atoms with van der Waals surface area (Å²) in [5.74, 6) is 0.523. The highest BCUT2D eigenvalue weighted by atomic mass is 32.1. The molecule has 0 fully saturated rings. The van der Waals surface area contributed by atoms with Crippen LogP contribution < -0.4 is 21.4 Å². The zero-order chi connectivity index (χ0) is 35.2. The van der Waals surface area contributed by atoms with Crippen molar-refractivity contribution in [2.75, 3.05) is 23.7 Å². The van der Waals surface area contributed by atoms with Gasteiger partial charge in [-0.1, -0.05) is 6.07 Å². The third-order valence-electron chi connectivity index (χ3n) is 8.19. The lowest BCUT2D eigenvalue weighted by atomic mass is 9.90. The summed E-state index contributed by atoms with van der Waals surface area (Å²) in [6.07, 6.45) is 4.05. The number of nitrogens with zero attached hydrogens (tertiary/aromatic N) is 6. The molecule has 4 aromatic heterocycles. The molecule has 5 N–H and O–H groups in total. The first kappa shape index (κ1) is 31.5. The molecule has 2 aromatic carbocycles. The molecular formula is C35H27N9O6S. The first-order valence-corrected chi connectivity index (χ1v) is 16.1. The highest BCUT2D eigenvalue weighted by Crippen LogP contribution is 2.42. The van der Waals surface area contributed by atoms with Gasteiger partial charge in [0.1, 0.15) is 17.1 Å². The van der Waals surface area contributed by atoms with Crippen LogP contribution in [0.4, 0.5) is 11.6 Å². The maximum Gasteiger partial charge on any atom is 0.336 e. The molecule has 254 valence electrons. The molecule has 0 unspecified atom stereocenters. The summed E-state index contributed by atoms with van der Waals surface area (Å²) in [6, 6.07) is 17.4. The number of carboxylic acid groups (broad SMARTS) is 1. The second-order valence-corrected chi connectivity index (χ2v) is 12.1. The number of hydrogen-bond donors (Lipinski definition) is 5. The summed E-state index contributed by atoms with van der Waals surface area (Å²) in [7, 11) is 1.82. The number of carboxylic acids is 1. The summed E-state index contributed by atoms with van der Waals surface area (Å²) >= 11 is 5.52. The van der Waals surface area contributed by atoms with E-state index in [1.54, 1.807) is 51.9 Å². The molecule has 8 rings (SSSR count). The quantitative estimate of drug-likeness (QED) is 0.0734. The van der Waals surface area contributed by atoms with Gasteiger partial charge in [0.15, 0.2) is 27.6 Å². The molecule has 0 atom stereocenters. The molecule has 2 aliphatic rings. The van der Waals surface area contributed by atoms with Crippen molar-refractivity contribution in [1.82, 2.24) is 34.7 Å². The Morgan fingerprint density at radius 3 is 2.65 bits per heavy atom. The van der Waals surface area contributed by atoms with E-state index in [4.69, 9.17) is 21.1 Å². The van der Waals surface area contributed by atoms with E-state index in [1.165, 1.54) is 30.3 Å². The van der Waals surface area contributed by atoms with Crippen LogP contribution in [0.2, 0.25) is 0 Å². The van der Waals surface area contributed by atoms with E-state index in [-0.39, 0.29) is 22.5 Å². The van der Waals surface area contributed by atoms with Crippen LogP contribution in [0.5, 0.6) is 5.75 Å². The fraction of sp³-hybridized carbons (Fsp3) is 0.114. The average molecular weight is 702 g/mol. The molecule has 51 heavy (non-hydrogen) atoms. The van der Waals surface area contributed by atoms with Crippen molar-refractivity contribution in [2.24, 2.45) is 7.05 Å². The minimum Gasteiger partial charge on any atom is -0.508 e. The molecule has 0 saturated heterocycles. The Kier molecular flexibility index (Phi) is 7.76. The molecule has 15 nitrogen and oxygen atoms in total. The molecule has 5 heterocycles. The summed E-state index contributed by atoms with van der Waals surface area (Å²) in [4.78, 5) is 34.0. The zero-order valence-electron chi connectivity index (χ0n) is 26.7. The van der Waals surface area contributed by atoms with Crippen molar-refractivity contribution in [3.8, 4) is 39.8 Å². The number of aromatic nitrogens is 6. The van der Waals surface area contributed by atoms with E-state index in [0.29, 0.717) is 86.8 Å². The number of aromatic hydroxyl groups is 1. The fourth-order valence-corrected chi connectivity index (χ4v) is 6.18. The van der Waals surface area contributed by atoms with Gasteiger partial charge in [-0.15, -0.1) is 5.10 Å². The van der Waals surface area contributed by atoms with Gasteiger partial charge in [0.2, 0.25) is 11.8 Å². The van der Waals surface area contributed by atoms with Crippen LogP contribution >= 0.6 is 12.2 Å². The molecule has 6 aromatic rings. The third kappa shape index (κ3) is 5.93. The number of phenolic OH excluding ortho intramolecular Hbond substituents is 1. The lowest BCUT2D eigenvalue weighted by molar-refractivity contribution is 0.0697. The lowest BCUT2D eigenvalue weighted by Crippen LogP contribution is -2.30. The number of anilines is 2. The van der Waals surface area contributed by atoms with E-state index in [9.17, 15) is 19.8 Å². The molecule has 1 aliphatic carbocycles. The second kappa shape index (κ2) is 12.6. The zero-order valence-corrected chi connectivity index (χ0v) is 27.6. The van der Waals surface area contributed by atoms with Crippen molar-refractivity contribution in [3.05, 3.63) is 95.0 Å². The van der Waals surface area contributed by atoms with E-state index < -0.39 is 5.97 Å². The molecule has 0 saturated carbocycles. The predicted octanol–water partition coefficient (Wildman–Crippen LogP) is 5.34. The van der Waals surface area contributed by atoms with E-state index in [1.807, 2.05) is 13.2 Å². The lowest BCUT2D eigenvalue weighted by Gasteiger charge is -2.18. The Morgan fingerprint density at radius 1 is 0.961 bits per heavy atom. The van der Waals surface area contributed by atoms with Crippen molar-refractivity contribution >= 4 is 62.6 Å².